The summed E-state index contributed by atoms with van der Waals surface area (Å²) in [4.78, 5) is 4.29. The molecule has 0 radical (unpaired) electrons. The molecule has 2 rings (SSSR count). The summed E-state index contributed by atoms with van der Waals surface area (Å²) in [7, 11) is 0. The van der Waals surface area contributed by atoms with E-state index in [4.69, 9.17) is 10.2 Å². The Bertz CT molecular complexity index is 479. The minimum atomic E-state index is 0.399. The number of aromatic nitrogens is 1. The Morgan fingerprint density at radius 2 is 2.27 bits per heavy atom. The van der Waals surface area contributed by atoms with E-state index in [0.717, 1.165) is 21.3 Å². The number of hydrogen-bond acceptors (Lipinski definition) is 3. The lowest BCUT2D eigenvalue weighted by atomic mass is 10.1. The minimum Gasteiger partial charge on any atom is -0.444 e. The topological polar surface area (TPSA) is 52.0 Å². The van der Waals surface area contributed by atoms with Gasteiger partial charge in [-0.25, -0.2) is 4.98 Å². The first-order valence-electron chi connectivity index (χ1n) is 4.62. The van der Waals surface area contributed by atoms with E-state index in [0.29, 0.717) is 12.4 Å². The first-order chi connectivity index (χ1) is 7.22. The second-order valence-electron chi connectivity index (χ2n) is 3.26. The van der Waals surface area contributed by atoms with Crippen LogP contribution in [-0.2, 0) is 6.54 Å². The number of rotatable bonds is 2. The molecule has 0 saturated carbocycles. The van der Waals surface area contributed by atoms with E-state index < -0.39 is 0 Å². The third-order valence-corrected chi connectivity index (χ3v) is 3.12. The van der Waals surface area contributed by atoms with Gasteiger partial charge in [-0.3, -0.25) is 0 Å². The smallest absolute Gasteiger partial charge is 0.226 e. The second-order valence-corrected chi connectivity index (χ2v) is 4.11. The van der Waals surface area contributed by atoms with Gasteiger partial charge in [0.2, 0.25) is 5.89 Å². The SMILES string of the molecule is Cc1c(Br)cccc1-c1nc(CN)co1. The molecule has 0 fully saturated rings. The van der Waals surface area contributed by atoms with Crippen molar-refractivity contribution >= 4 is 15.9 Å². The molecule has 0 aliphatic carbocycles. The Hall–Kier alpha value is -1.13. The fraction of sp³-hybridized carbons (Fsp3) is 0.182. The molecule has 0 aliphatic rings. The summed E-state index contributed by atoms with van der Waals surface area (Å²) in [5.41, 5.74) is 8.35. The van der Waals surface area contributed by atoms with Crippen molar-refractivity contribution in [2.24, 2.45) is 5.73 Å². The average molecular weight is 267 g/mol. The summed E-state index contributed by atoms with van der Waals surface area (Å²) in [6.07, 6.45) is 1.59. The van der Waals surface area contributed by atoms with Crippen LogP contribution in [0.2, 0.25) is 0 Å². The maximum absolute atomic E-state index is 5.48. The van der Waals surface area contributed by atoms with Gasteiger partial charge in [0.1, 0.15) is 6.26 Å². The van der Waals surface area contributed by atoms with E-state index in [2.05, 4.69) is 20.9 Å². The maximum Gasteiger partial charge on any atom is 0.226 e. The normalized spacial score (nSPS) is 10.6. The van der Waals surface area contributed by atoms with Crippen LogP contribution in [0.4, 0.5) is 0 Å². The lowest BCUT2D eigenvalue weighted by molar-refractivity contribution is 0.572. The Kier molecular flexibility index (Phi) is 2.88. The van der Waals surface area contributed by atoms with Crippen molar-refractivity contribution in [2.75, 3.05) is 0 Å². The van der Waals surface area contributed by atoms with Crippen molar-refractivity contribution in [3.8, 4) is 11.5 Å². The number of nitrogens with zero attached hydrogens (tertiary/aromatic N) is 1. The van der Waals surface area contributed by atoms with Crippen molar-refractivity contribution < 1.29 is 4.42 Å². The molecule has 1 heterocycles. The van der Waals surface area contributed by atoms with Crippen LogP contribution in [0.5, 0.6) is 0 Å². The summed E-state index contributed by atoms with van der Waals surface area (Å²) >= 11 is 3.47. The molecule has 0 amide bonds. The molecule has 78 valence electrons. The van der Waals surface area contributed by atoms with Gasteiger partial charge < -0.3 is 10.2 Å². The van der Waals surface area contributed by atoms with Crippen molar-refractivity contribution in [3.05, 3.63) is 40.2 Å². The predicted molar refractivity (Wildman–Crippen MR) is 62.3 cm³/mol. The molecule has 0 bridgehead atoms. The Morgan fingerprint density at radius 1 is 1.47 bits per heavy atom. The molecule has 1 aromatic carbocycles. The molecule has 4 heteroatoms. The zero-order chi connectivity index (χ0) is 10.8. The van der Waals surface area contributed by atoms with Crippen LogP contribution in [0.1, 0.15) is 11.3 Å². The summed E-state index contributed by atoms with van der Waals surface area (Å²) in [6, 6.07) is 5.93. The van der Waals surface area contributed by atoms with Crippen LogP contribution in [0, 0.1) is 6.92 Å². The van der Waals surface area contributed by atoms with Crippen LogP contribution in [0.25, 0.3) is 11.5 Å². The molecule has 0 aliphatic heterocycles. The highest BCUT2D eigenvalue weighted by atomic mass is 79.9. The number of halogens is 1. The largest absolute Gasteiger partial charge is 0.444 e. The predicted octanol–water partition coefficient (Wildman–Crippen LogP) is 2.87. The van der Waals surface area contributed by atoms with Crippen LogP contribution >= 0.6 is 15.9 Å². The molecule has 3 nitrogen and oxygen atoms in total. The van der Waals surface area contributed by atoms with E-state index in [9.17, 15) is 0 Å². The van der Waals surface area contributed by atoms with Crippen LogP contribution in [-0.4, -0.2) is 4.98 Å². The van der Waals surface area contributed by atoms with Crippen LogP contribution in [0.15, 0.2) is 33.4 Å². The number of benzene rings is 1. The second kappa shape index (κ2) is 4.16. The van der Waals surface area contributed by atoms with Gasteiger partial charge in [-0.2, -0.15) is 0 Å². The van der Waals surface area contributed by atoms with Crippen molar-refractivity contribution in [1.29, 1.82) is 0 Å². The average Bonchev–Trinajstić information content (AvgIpc) is 2.70. The van der Waals surface area contributed by atoms with Crippen molar-refractivity contribution in [3.63, 3.8) is 0 Å². The van der Waals surface area contributed by atoms with E-state index in [1.807, 2.05) is 25.1 Å². The first-order valence-corrected chi connectivity index (χ1v) is 5.41. The van der Waals surface area contributed by atoms with Gasteiger partial charge in [-0.15, -0.1) is 0 Å². The molecule has 0 unspecified atom stereocenters. The molecule has 0 spiro atoms. The van der Waals surface area contributed by atoms with Crippen LogP contribution in [0.3, 0.4) is 0 Å². The Morgan fingerprint density at radius 3 is 2.93 bits per heavy atom. The standard InChI is InChI=1S/C11H11BrN2O/c1-7-9(3-2-4-10(7)12)11-14-8(5-13)6-15-11/h2-4,6H,5,13H2,1H3. The maximum atomic E-state index is 5.48. The van der Waals surface area contributed by atoms with Gasteiger partial charge in [-0.05, 0) is 24.6 Å². The quantitative estimate of drug-likeness (QED) is 0.910. The van der Waals surface area contributed by atoms with Crippen molar-refractivity contribution in [2.45, 2.75) is 13.5 Å². The van der Waals surface area contributed by atoms with Gasteiger partial charge in [-0.1, -0.05) is 22.0 Å². The lowest BCUT2D eigenvalue weighted by Crippen LogP contribution is -1.95. The van der Waals surface area contributed by atoms with E-state index >= 15 is 0 Å². The fourth-order valence-corrected chi connectivity index (χ4v) is 1.73. The highest BCUT2D eigenvalue weighted by Crippen LogP contribution is 2.27. The summed E-state index contributed by atoms with van der Waals surface area (Å²) < 4.78 is 6.41. The minimum absolute atomic E-state index is 0.399. The molecule has 1 aromatic heterocycles. The summed E-state index contributed by atoms with van der Waals surface area (Å²) in [5, 5.41) is 0. The van der Waals surface area contributed by atoms with E-state index in [-0.39, 0.29) is 0 Å². The molecule has 2 N–H and O–H groups in total. The number of hydrogen-bond donors (Lipinski definition) is 1. The van der Waals surface area contributed by atoms with Gasteiger partial charge in [0.25, 0.3) is 0 Å². The van der Waals surface area contributed by atoms with Gasteiger partial charge in [0, 0.05) is 16.6 Å². The van der Waals surface area contributed by atoms with Gasteiger partial charge in [0.15, 0.2) is 0 Å². The zero-order valence-corrected chi connectivity index (χ0v) is 9.91. The first kappa shape index (κ1) is 10.4. The van der Waals surface area contributed by atoms with E-state index in [1.54, 1.807) is 6.26 Å². The molecule has 0 atom stereocenters. The monoisotopic (exact) mass is 266 g/mol. The third-order valence-electron chi connectivity index (χ3n) is 2.26. The van der Waals surface area contributed by atoms with Crippen LogP contribution < -0.4 is 5.73 Å². The number of nitrogens with two attached hydrogens (primary N) is 1. The van der Waals surface area contributed by atoms with Gasteiger partial charge >= 0.3 is 0 Å². The fourth-order valence-electron chi connectivity index (χ4n) is 1.36. The zero-order valence-electron chi connectivity index (χ0n) is 8.33. The third kappa shape index (κ3) is 1.96. The Labute approximate surface area is 96.4 Å². The van der Waals surface area contributed by atoms with E-state index in [1.165, 1.54) is 0 Å². The summed E-state index contributed by atoms with van der Waals surface area (Å²) in [6.45, 7) is 2.42. The van der Waals surface area contributed by atoms with Crippen molar-refractivity contribution in [1.82, 2.24) is 4.98 Å². The highest BCUT2D eigenvalue weighted by molar-refractivity contribution is 9.10. The molecular formula is C11H11BrN2O. The number of oxazole rings is 1. The molecule has 0 saturated heterocycles. The van der Waals surface area contributed by atoms with Gasteiger partial charge in [0.05, 0.1) is 5.69 Å². The summed E-state index contributed by atoms with van der Waals surface area (Å²) in [5.74, 6) is 0.620. The molecular weight excluding hydrogens is 256 g/mol. The Balaban J connectivity index is 2.49. The lowest BCUT2D eigenvalue weighted by Gasteiger charge is -2.02. The molecule has 2 aromatic rings. The molecule has 15 heavy (non-hydrogen) atoms. The highest BCUT2D eigenvalue weighted by Gasteiger charge is 2.09.